The van der Waals surface area contributed by atoms with Crippen molar-refractivity contribution in [2.75, 3.05) is 39.6 Å². The van der Waals surface area contributed by atoms with E-state index >= 15 is 0 Å². The molecule has 5 atom stereocenters. The Kier molecular flexibility index (Phi) is 76.4. The van der Waals surface area contributed by atoms with Crippen LogP contribution in [0.2, 0.25) is 0 Å². The van der Waals surface area contributed by atoms with Crippen LogP contribution in [-0.2, 0) is 65.4 Å². The van der Waals surface area contributed by atoms with Gasteiger partial charge in [-0.1, -0.05) is 293 Å². The fourth-order valence-electron chi connectivity index (χ4n) is 10.3. The molecule has 17 nitrogen and oxygen atoms in total. The molecule has 0 rings (SSSR count). The van der Waals surface area contributed by atoms with Gasteiger partial charge in [0.25, 0.3) is 0 Å². The third kappa shape index (κ3) is 80.0. The van der Waals surface area contributed by atoms with E-state index in [0.29, 0.717) is 32.1 Å². The zero-order valence-corrected chi connectivity index (χ0v) is 69.9. The summed E-state index contributed by atoms with van der Waals surface area (Å²) >= 11 is 0. The molecule has 0 fully saturated rings. The first-order valence-electron chi connectivity index (χ1n) is 41.7. The fraction of sp³-hybridized carbons (Fsp3) is 0.604. The standard InChI is InChI=1S/C91H146O17P2/c1-5-9-13-17-21-25-29-33-37-40-42-45-48-51-55-59-63-67-71-75-88(93)101-81-86(107-90(95)77-73-69-65-61-57-53-47-36-32-28-24-20-16-12-8-4)83-105-109(97,98)103-79-85(92)80-104-110(99,100)106-84-87(108-91(96)78-74-70-66-62-58-54-50-44-39-35-31-27-23-19-15-11-7-3)82-102-89(94)76-72-68-64-60-56-52-49-46-43-41-38-34-30-26-22-18-14-10-6-2/h9-11,13-15,21-23,25-27,33-39,42-43,45-47,50-52,54-56,63,67,85-87,92H,5-8,12,16-20,24,28-32,40-41,44,48-49,53,57-62,64-66,68-84H2,1-4H3,(H,97,98)(H,99,100)/b13-9-,14-10-,15-11-,25-21-,26-22-,27-23-,37-33-,38-34-,39-35-,45-42-,46-43-,47-36-,54-50-,55-51-,56-52-,67-63-. The van der Waals surface area contributed by atoms with Crippen LogP contribution in [0.5, 0.6) is 0 Å². The van der Waals surface area contributed by atoms with Gasteiger partial charge in [0.1, 0.15) is 19.3 Å². The highest BCUT2D eigenvalue weighted by Gasteiger charge is 2.30. The normalized spacial score (nSPS) is 14.8. The number of allylic oxidation sites excluding steroid dienone is 32. The number of hydrogen-bond donors (Lipinski definition) is 3. The minimum Gasteiger partial charge on any atom is -0.462 e. The van der Waals surface area contributed by atoms with E-state index in [2.05, 4.69) is 204 Å². The van der Waals surface area contributed by atoms with Crippen LogP contribution in [0.4, 0.5) is 0 Å². The lowest BCUT2D eigenvalue weighted by Gasteiger charge is -2.21. The largest absolute Gasteiger partial charge is 0.472 e. The van der Waals surface area contributed by atoms with Crippen molar-refractivity contribution in [1.82, 2.24) is 0 Å². The molecule has 0 aliphatic rings. The molecule has 622 valence electrons. The molecule has 0 amide bonds. The zero-order valence-electron chi connectivity index (χ0n) is 68.1. The van der Waals surface area contributed by atoms with Crippen molar-refractivity contribution in [1.29, 1.82) is 0 Å². The molecule has 19 heteroatoms. The number of esters is 4. The number of phosphoric acid groups is 2. The molecule has 0 heterocycles. The van der Waals surface area contributed by atoms with Crippen molar-refractivity contribution in [2.24, 2.45) is 0 Å². The Balaban J connectivity index is 5.52. The fourth-order valence-corrected chi connectivity index (χ4v) is 11.9. The number of rotatable bonds is 76. The number of aliphatic hydroxyl groups is 1. The van der Waals surface area contributed by atoms with Gasteiger partial charge in [-0.15, -0.1) is 0 Å². The van der Waals surface area contributed by atoms with Gasteiger partial charge in [0.15, 0.2) is 12.2 Å². The number of ether oxygens (including phenoxy) is 4. The van der Waals surface area contributed by atoms with Crippen molar-refractivity contribution < 1.29 is 80.2 Å². The lowest BCUT2D eigenvalue weighted by Crippen LogP contribution is -2.30. The average Bonchev–Trinajstić information content (AvgIpc) is 0.899. The second kappa shape index (κ2) is 80.9. The van der Waals surface area contributed by atoms with Crippen LogP contribution in [0.1, 0.15) is 297 Å². The Morgan fingerprint density at radius 2 is 0.491 bits per heavy atom. The maximum atomic E-state index is 13.1. The molecule has 0 saturated carbocycles. The van der Waals surface area contributed by atoms with Gasteiger partial charge >= 0.3 is 39.5 Å². The molecule has 5 unspecified atom stereocenters. The van der Waals surface area contributed by atoms with E-state index in [-0.39, 0.29) is 25.7 Å². The first kappa shape index (κ1) is 104. The van der Waals surface area contributed by atoms with Crippen LogP contribution in [0, 0.1) is 0 Å². The van der Waals surface area contributed by atoms with E-state index in [4.69, 9.17) is 37.0 Å². The predicted octanol–water partition coefficient (Wildman–Crippen LogP) is 24.9. The summed E-state index contributed by atoms with van der Waals surface area (Å²) in [4.78, 5) is 73.2. The van der Waals surface area contributed by atoms with E-state index in [1.807, 2.05) is 18.2 Å². The van der Waals surface area contributed by atoms with E-state index in [1.54, 1.807) is 0 Å². The van der Waals surface area contributed by atoms with Crippen LogP contribution < -0.4 is 0 Å². The highest BCUT2D eigenvalue weighted by Crippen LogP contribution is 2.45. The lowest BCUT2D eigenvalue weighted by molar-refractivity contribution is -0.161. The molecule has 0 aromatic rings. The molecule has 0 saturated heterocycles. The number of carbonyl (C=O) groups excluding carboxylic acids is 4. The Morgan fingerprint density at radius 3 is 0.800 bits per heavy atom. The van der Waals surface area contributed by atoms with Crippen LogP contribution in [0.15, 0.2) is 194 Å². The van der Waals surface area contributed by atoms with Gasteiger partial charge in [-0.3, -0.25) is 37.3 Å². The van der Waals surface area contributed by atoms with Gasteiger partial charge in [-0.05, 0) is 173 Å². The highest BCUT2D eigenvalue weighted by molar-refractivity contribution is 7.47. The molecule has 110 heavy (non-hydrogen) atoms. The van der Waals surface area contributed by atoms with Crippen molar-refractivity contribution in [3.8, 4) is 0 Å². The van der Waals surface area contributed by atoms with Crippen molar-refractivity contribution in [3.05, 3.63) is 194 Å². The molecule has 0 aliphatic heterocycles. The smallest absolute Gasteiger partial charge is 0.462 e. The minimum absolute atomic E-state index is 0.0272. The molecular weight excluding hydrogens is 1430 g/mol. The van der Waals surface area contributed by atoms with Gasteiger partial charge in [0.05, 0.1) is 26.4 Å². The van der Waals surface area contributed by atoms with E-state index in [1.165, 1.54) is 38.5 Å². The molecule has 0 aliphatic carbocycles. The van der Waals surface area contributed by atoms with Crippen molar-refractivity contribution in [2.45, 2.75) is 316 Å². The SMILES string of the molecule is CC/C=C\C/C=C\C/C=C\C/C=C\C/C=C\C/C=C\CCC(=O)OCC(COP(=O)(O)OCC(O)COP(=O)(O)OCC(COC(=O)CCCCC/C=C\C/C=C\C/C=C\C/C=C\C/C=C\CC)OC(=O)CCCCCC/C=C\C/C=C\C/C=C\C/C=C\CC)OC(=O)CCCCCCC/C=C\CCCCCCCC. The molecule has 3 N–H and O–H groups in total. The second-order valence-corrected chi connectivity index (χ2v) is 29.8. The summed E-state index contributed by atoms with van der Waals surface area (Å²) in [6, 6.07) is 0. The Bertz CT molecular complexity index is 2850. The van der Waals surface area contributed by atoms with Gasteiger partial charge in [-0.25, -0.2) is 9.13 Å². The Hall–Kier alpha value is -6.10. The molecule has 0 radical (unpaired) electrons. The summed E-state index contributed by atoms with van der Waals surface area (Å²) in [5.41, 5.74) is 0. The number of phosphoric ester groups is 2. The molecular formula is C91H146O17P2. The molecule has 0 bridgehead atoms. The second-order valence-electron chi connectivity index (χ2n) is 26.9. The summed E-state index contributed by atoms with van der Waals surface area (Å²) in [5.74, 6) is -2.36. The third-order valence-corrected chi connectivity index (χ3v) is 18.4. The Morgan fingerprint density at radius 1 is 0.264 bits per heavy atom. The Labute approximate surface area is 666 Å². The van der Waals surface area contributed by atoms with Crippen LogP contribution in [0.25, 0.3) is 0 Å². The summed E-state index contributed by atoms with van der Waals surface area (Å²) < 4.78 is 68.6. The number of hydrogen-bond acceptors (Lipinski definition) is 15. The van der Waals surface area contributed by atoms with Crippen molar-refractivity contribution >= 4 is 39.5 Å². The van der Waals surface area contributed by atoms with Crippen LogP contribution >= 0.6 is 15.6 Å². The summed E-state index contributed by atoms with van der Waals surface area (Å²) in [7, 11) is -10.0. The van der Waals surface area contributed by atoms with Crippen molar-refractivity contribution in [3.63, 3.8) is 0 Å². The van der Waals surface area contributed by atoms with Gasteiger partial charge in [0.2, 0.25) is 0 Å². The minimum atomic E-state index is -5.01. The molecule has 0 aromatic carbocycles. The third-order valence-electron chi connectivity index (χ3n) is 16.5. The number of aliphatic hydroxyl groups excluding tert-OH is 1. The lowest BCUT2D eigenvalue weighted by atomic mass is 10.1. The molecule has 0 spiro atoms. The molecule has 0 aromatic heterocycles. The van der Waals surface area contributed by atoms with Crippen LogP contribution in [0.3, 0.4) is 0 Å². The quantitative estimate of drug-likeness (QED) is 0.0169. The van der Waals surface area contributed by atoms with Gasteiger partial charge < -0.3 is 33.8 Å². The summed E-state index contributed by atoms with van der Waals surface area (Å²) in [5, 5.41) is 10.7. The van der Waals surface area contributed by atoms with Gasteiger partial charge in [0, 0.05) is 25.7 Å². The average molecular weight is 1570 g/mol. The maximum absolute atomic E-state index is 13.1. The van der Waals surface area contributed by atoms with Gasteiger partial charge in [-0.2, -0.15) is 0 Å². The predicted molar refractivity (Wildman–Crippen MR) is 454 cm³/mol. The van der Waals surface area contributed by atoms with E-state index in [9.17, 15) is 43.2 Å². The van der Waals surface area contributed by atoms with E-state index < -0.39 is 97.5 Å². The summed E-state index contributed by atoms with van der Waals surface area (Å²) in [6.07, 6.45) is 99.8. The zero-order chi connectivity index (χ0) is 80.3. The van der Waals surface area contributed by atoms with E-state index in [0.717, 1.165) is 173 Å². The maximum Gasteiger partial charge on any atom is 0.472 e. The highest BCUT2D eigenvalue weighted by atomic mass is 31.2. The monoisotopic (exact) mass is 1570 g/mol. The topological polar surface area (TPSA) is 237 Å². The first-order valence-corrected chi connectivity index (χ1v) is 44.7. The summed E-state index contributed by atoms with van der Waals surface area (Å²) in [6.45, 7) is 4.36. The van der Waals surface area contributed by atoms with Crippen LogP contribution in [-0.4, -0.2) is 96.7 Å². The number of carbonyl (C=O) groups is 4. The first-order chi connectivity index (χ1) is 53.7. The number of unbranched alkanes of at least 4 members (excludes halogenated alkanes) is 18.